The molecule has 4 atom stereocenters. The second kappa shape index (κ2) is 5.60. The first-order valence-electron chi connectivity index (χ1n) is 9.00. The van der Waals surface area contributed by atoms with Crippen LogP contribution in [0.3, 0.4) is 0 Å². The zero-order chi connectivity index (χ0) is 16.9. The molecule has 0 aromatic rings. The molecule has 2 amide bonds. The van der Waals surface area contributed by atoms with E-state index in [1.165, 1.54) is 17.7 Å². The minimum Gasteiger partial charge on any atom is -0.356 e. The molecule has 6 heteroatoms. The minimum atomic E-state index is -0.0975. The highest BCUT2D eigenvalue weighted by Crippen LogP contribution is 2.52. The number of nitrogens with one attached hydrogen (secondary N) is 2. The Morgan fingerprint density at radius 1 is 1.21 bits per heavy atom. The van der Waals surface area contributed by atoms with Crippen LogP contribution in [0.2, 0.25) is 0 Å². The largest absolute Gasteiger partial charge is 0.356 e. The molecular weight excluding hydrogens is 304 g/mol. The van der Waals surface area contributed by atoms with Crippen LogP contribution in [0.15, 0.2) is 17.1 Å². The molecule has 4 unspecified atom stereocenters. The van der Waals surface area contributed by atoms with Crippen molar-refractivity contribution in [3.63, 3.8) is 0 Å². The summed E-state index contributed by atoms with van der Waals surface area (Å²) in [5.74, 6) is 1.16. The number of imide groups is 1. The van der Waals surface area contributed by atoms with Crippen LogP contribution in [0.25, 0.3) is 0 Å². The maximum Gasteiger partial charge on any atom is 0.233 e. The maximum absolute atomic E-state index is 12.6. The molecule has 2 saturated carbocycles. The lowest BCUT2D eigenvalue weighted by Gasteiger charge is -2.19. The van der Waals surface area contributed by atoms with Crippen LogP contribution in [0.5, 0.6) is 0 Å². The average molecular weight is 330 g/mol. The van der Waals surface area contributed by atoms with Crippen LogP contribution >= 0.6 is 0 Å². The smallest absolute Gasteiger partial charge is 0.233 e. The number of likely N-dealkylation sites (tertiary alicyclic amines) is 1. The van der Waals surface area contributed by atoms with Crippen molar-refractivity contribution in [2.45, 2.75) is 26.2 Å². The third-order valence-electron chi connectivity index (χ3n) is 6.20. The summed E-state index contributed by atoms with van der Waals surface area (Å²) in [6.07, 6.45) is 7.75. The van der Waals surface area contributed by atoms with E-state index in [1.54, 1.807) is 7.05 Å². The first-order chi connectivity index (χ1) is 11.5. The molecule has 2 N–H and O–H groups in total. The molecule has 3 aliphatic carbocycles. The summed E-state index contributed by atoms with van der Waals surface area (Å²) in [4.78, 5) is 30.9. The van der Waals surface area contributed by atoms with Gasteiger partial charge in [-0.3, -0.25) is 19.5 Å². The molecule has 2 bridgehead atoms. The number of nitrogens with zero attached hydrogens (tertiary/aromatic N) is 2. The van der Waals surface area contributed by atoms with Crippen LogP contribution in [0.1, 0.15) is 26.2 Å². The number of fused-ring (bicyclic) bond motifs is 5. The predicted molar refractivity (Wildman–Crippen MR) is 91.1 cm³/mol. The Morgan fingerprint density at radius 2 is 1.83 bits per heavy atom. The van der Waals surface area contributed by atoms with E-state index < -0.39 is 0 Å². The molecule has 4 rings (SSSR count). The van der Waals surface area contributed by atoms with Crippen molar-refractivity contribution in [2.75, 3.05) is 26.7 Å². The highest BCUT2D eigenvalue weighted by Gasteiger charge is 2.58. The van der Waals surface area contributed by atoms with E-state index in [2.05, 4.69) is 34.7 Å². The van der Waals surface area contributed by atoms with Gasteiger partial charge in [0.05, 0.1) is 11.8 Å². The Hall–Kier alpha value is -1.85. The van der Waals surface area contributed by atoms with E-state index in [0.717, 1.165) is 18.9 Å². The standard InChI is InChI=1S/C18H26N4O2/c1-18(5-6-18)10-21-17(19-2)20-7-8-22-15(23)13-11-3-4-12(9-11)14(13)16(22)24/h3-4,11-14H,5-10H2,1-2H3,(H2,19,20,21). The number of aliphatic imine (C=N–C) groups is 1. The summed E-state index contributed by atoms with van der Waals surface area (Å²) < 4.78 is 0. The fourth-order valence-corrected chi connectivity index (χ4v) is 4.38. The van der Waals surface area contributed by atoms with Crippen molar-refractivity contribution in [1.82, 2.24) is 15.5 Å². The highest BCUT2D eigenvalue weighted by atomic mass is 16.2. The van der Waals surface area contributed by atoms with Crippen LogP contribution in [0, 0.1) is 29.1 Å². The second-order valence-corrected chi connectivity index (χ2v) is 7.99. The second-order valence-electron chi connectivity index (χ2n) is 7.99. The van der Waals surface area contributed by atoms with E-state index in [1.807, 2.05) is 0 Å². The highest BCUT2D eigenvalue weighted by molar-refractivity contribution is 6.06. The van der Waals surface area contributed by atoms with E-state index in [4.69, 9.17) is 0 Å². The lowest BCUT2D eigenvalue weighted by molar-refractivity contribution is -0.140. The average Bonchev–Trinajstić information content (AvgIpc) is 2.94. The molecule has 6 nitrogen and oxygen atoms in total. The summed E-state index contributed by atoms with van der Waals surface area (Å²) in [5, 5.41) is 6.54. The summed E-state index contributed by atoms with van der Waals surface area (Å²) in [6.45, 7) is 4.13. The van der Waals surface area contributed by atoms with E-state index in [-0.39, 0.29) is 35.5 Å². The van der Waals surface area contributed by atoms with Gasteiger partial charge in [-0.2, -0.15) is 0 Å². The number of hydrogen-bond acceptors (Lipinski definition) is 3. The van der Waals surface area contributed by atoms with Crippen molar-refractivity contribution < 1.29 is 9.59 Å². The SMILES string of the molecule is CN=C(NCCN1C(=O)C2C3C=CC(C3)C2C1=O)NCC1(C)CC1. The Balaban J connectivity index is 1.29. The van der Waals surface area contributed by atoms with Gasteiger partial charge in [0.2, 0.25) is 11.8 Å². The zero-order valence-electron chi connectivity index (χ0n) is 14.4. The Bertz CT molecular complexity index is 593. The summed E-state index contributed by atoms with van der Waals surface area (Å²) in [7, 11) is 1.74. The van der Waals surface area contributed by atoms with Gasteiger partial charge in [-0.25, -0.2) is 0 Å². The quantitative estimate of drug-likeness (QED) is 0.338. The lowest BCUT2D eigenvalue weighted by atomic mass is 9.85. The molecule has 1 aliphatic heterocycles. The number of allylic oxidation sites excluding steroid dienone is 2. The molecular formula is C18H26N4O2. The first kappa shape index (κ1) is 15.7. The van der Waals surface area contributed by atoms with Crippen molar-refractivity contribution in [3.05, 3.63) is 12.2 Å². The molecule has 3 fully saturated rings. The normalized spacial score (nSPS) is 35.6. The van der Waals surface area contributed by atoms with Gasteiger partial charge in [0.15, 0.2) is 5.96 Å². The van der Waals surface area contributed by atoms with Gasteiger partial charge in [0, 0.05) is 26.7 Å². The van der Waals surface area contributed by atoms with Gasteiger partial charge < -0.3 is 10.6 Å². The van der Waals surface area contributed by atoms with Gasteiger partial charge in [-0.15, -0.1) is 0 Å². The molecule has 4 aliphatic rings. The first-order valence-corrected chi connectivity index (χ1v) is 9.00. The fourth-order valence-electron chi connectivity index (χ4n) is 4.38. The summed E-state index contributed by atoms with van der Waals surface area (Å²) >= 11 is 0. The van der Waals surface area contributed by atoms with Gasteiger partial charge in [0.25, 0.3) is 0 Å². The number of carbonyl (C=O) groups is 2. The molecule has 130 valence electrons. The third kappa shape index (κ3) is 2.52. The van der Waals surface area contributed by atoms with Crippen LogP contribution in [-0.2, 0) is 9.59 Å². The molecule has 0 aromatic heterocycles. The number of carbonyl (C=O) groups excluding carboxylic acids is 2. The summed E-state index contributed by atoms with van der Waals surface area (Å²) in [6, 6.07) is 0. The summed E-state index contributed by atoms with van der Waals surface area (Å²) in [5.41, 5.74) is 0.405. The third-order valence-corrected chi connectivity index (χ3v) is 6.20. The Labute approximate surface area is 142 Å². The predicted octanol–water partition coefficient (Wildman–Crippen LogP) is 0.759. The molecule has 24 heavy (non-hydrogen) atoms. The molecule has 0 aromatic carbocycles. The van der Waals surface area contributed by atoms with Gasteiger partial charge in [-0.1, -0.05) is 19.1 Å². The van der Waals surface area contributed by atoms with E-state index in [0.29, 0.717) is 18.5 Å². The monoisotopic (exact) mass is 330 g/mol. The van der Waals surface area contributed by atoms with Gasteiger partial charge >= 0.3 is 0 Å². The van der Waals surface area contributed by atoms with Crippen LogP contribution in [0.4, 0.5) is 0 Å². The topological polar surface area (TPSA) is 73.8 Å². The van der Waals surface area contributed by atoms with Gasteiger partial charge in [0.1, 0.15) is 0 Å². The van der Waals surface area contributed by atoms with E-state index in [9.17, 15) is 9.59 Å². The van der Waals surface area contributed by atoms with Crippen molar-refractivity contribution >= 4 is 17.8 Å². The Morgan fingerprint density at radius 3 is 2.38 bits per heavy atom. The fraction of sp³-hybridized carbons (Fsp3) is 0.722. The molecule has 1 heterocycles. The van der Waals surface area contributed by atoms with Crippen molar-refractivity contribution in [3.8, 4) is 0 Å². The Kier molecular flexibility index (Phi) is 3.66. The molecule has 0 spiro atoms. The van der Waals surface area contributed by atoms with Crippen molar-refractivity contribution in [2.24, 2.45) is 34.1 Å². The van der Waals surface area contributed by atoms with Crippen LogP contribution < -0.4 is 10.6 Å². The van der Waals surface area contributed by atoms with Crippen molar-refractivity contribution in [1.29, 1.82) is 0 Å². The number of hydrogen-bond donors (Lipinski definition) is 2. The number of rotatable bonds is 5. The van der Waals surface area contributed by atoms with Gasteiger partial charge in [-0.05, 0) is 36.5 Å². The molecule has 0 radical (unpaired) electrons. The maximum atomic E-state index is 12.6. The van der Waals surface area contributed by atoms with E-state index >= 15 is 0 Å². The molecule has 1 saturated heterocycles. The minimum absolute atomic E-state index is 0.0251. The lowest BCUT2D eigenvalue weighted by Crippen LogP contribution is -2.44. The zero-order valence-corrected chi connectivity index (χ0v) is 14.4. The number of guanidine groups is 1. The number of amides is 2. The van der Waals surface area contributed by atoms with Crippen LogP contribution in [-0.4, -0.2) is 49.4 Å².